The fraction of sp³-hybridized carbons (Fsp3) is 0.500. The van der Waals surface area contributed by atoms with E-state index >= 15 is 0 Å². The molecule has 2 aromatic carbocycles. The van der Waals surface area contributed by atoms with E-state index in [9.17, 15) is 4.79 Å². The van der Waals surface area contributed by atoms with E-state index in [-0.39, 0.29) is 5.91 Å². The van der Waals surface area contributed by atoms with Gasteiger partial charge in [-0.15, -0.1) is 0 Å². The Labute approximate surface area is 180 Å². The summed E-state index contributed by atoms with van der Waals surface area (Å²) in [6.07, 6.45) is 5.16. The lowest BCUT2D eigenvalue weighted by Gasteiger charge is -2.39. The molecule has 2 fully saturated rings. The van der Waals surface area contributed by atoms with Gasteiger partial charge in [0, 0.05) is 25.2 Å². The highest BCUT2D eigenvalue weighted by molar-refractivity contribution is 5.78. The van der Waals surface area contributed by atoms with Gasteiger partial charge in [-0.3, -0.25) is 9.69 Å². The molecule has 4 heteroatoms. The van der Waals surface area contributed by atoms with Crippen LogP contribution in [0.2, 0.25) is 0 Å². The van der Waals surface area contributed by atoms with Gasteiger partial charge in [0.2, 0.25) is 5.91 Å². The van der Waals surface area contributed by atoms with Crippen molar-refractivity contribution < 1.29 is 9.53 Å². The maximum Gasteiger partial charge on any atom is 0.226 e. The molecule has 2 aromatic rings. The van der Waals surface area contributed by atoms with Gasteiger partial charge in [0.25, 0.3) is 0 Å². The summed E-state index contributed by atoms with van der Waals surface area (Å²) >= 11 is 0. The Morgan fingerprint density at radius 2 is 1.73 bits per heavy atom. The highest BCUT2D eigenvalue weighted by atomic mass is 16.5. The highest BCUT2D eigenvalue weighted by Crippen LogP contribution is 2.26. The largest absolute Gasteiger partial charge is 0.375 e. The van der Waals surface area contributed by atoms with Gasteiger partial charge >= 0.3 is 0 Å². The number of hydrogen-bond acceptors (Lipinski definition) is 3. The van der Waals surface area contributed by atoms with Crippen LogP contribution < -0.4 is 0 Å². The predicted molar refractivity (Wildman–Crippen MR) is 120 cm³/mol. The second kappa shape index (κ2) is 10.2. The van der Waals surface area contributed by atoms with E-state index in [0.29, 0.717) is 25.1 Å². The first-order chi connectivity index (χ1) is 14.7. The van der Waals surface area contributed by atoms with Crippen LogP contribution in [0.4, 0.5) is 0 Å². The zero-order valence-electron chi connectivity index (χ0n) is 18.1. The van der Waals surface area contributed by atoms with Crippen molar-refractivity contribution in [3.8, 4) is 0 Å². The number of likely N-dealkylation sites (tertiary alicyclic amines) is 2. The molecule has 1 unspecified atom stereocenters. The van der Waals surface area contributed by atoms with Crippen LogP contribution in [0.5, 0.6) is 0 Å². The SMILES string of the molecule is Cc1cccc(CC(=O)N2CCC(N3CCCC3COCc3ccccc3)CC2)c1. The van der Waals surface area contributed by atoms with Crippen LogP contribution in [0.1, 0.15) is 42.4 Å². The minimum Gasteiger partial charge on any atom is -0.375 e. The van der Waals surface area contributed by atoms with Crippen molar-refractivity contribution in [1.29, 1.82) is 0 Å². The van der Waals surface area contributed by atoms with Gasteiger partial charge in [0.1, 0.15) is 0 Å². The maximum atomic E-state index is 12.7. The standard InChI is InChI=1S/C26H34N2O2/c1-21-7-5-10-23(17-21)18-26(29)27-15-12-24(13-16-27)28-14-6-11-25(28)20-30-19-22-8-3-2-4-9-22/h2-5,7-10,17,24-25H,6,11-16,18-20H2,1H3. The molecule has 4 rings (SSSR count). The van der Waals surface area contributed by atoms with E-state index in [1.165, 1.54) is 30.5 Å². The van der Waals surface area contributed by atoms with Crippen molar-refractivity contribution in [1.82, 2.24) is 9.80 Å². The normalized spacial score (nSPS) is 20.6. The molecule has 0 aliphatic carbocycles. The Hall–Kier alpha value is -2.17. The minimum absolute atomic E-state index is 0.267. The smallest absolute Gasteiger partial charge is 0.226 e. The van der Waals surface area contributed by atoms with Crippen molar-refractivity contribution in [2.24, 2.45) is 0 Å². The Morgan fingerprint density at radius 1 is 0.967 bits per heavy atom. The van der Waals surface area contributed by atoms with Crippen molar-refractivity contribution >= 4 is 5.91 Å². The molecule has 0 saturated carbocycles. The van der Waals surface area contributed by atoms with E-state index in [2.05, 4.69) is 59.2 Å². The quantitative estimate of drug-likeness (QED) is 0.691. The molecule has 0 N–H and O–H groups in total. The molecule has 1 atom stereocenters. The Balaban J connectivity index is 1.23. The third kappa shape index (κ3) is 5.50. The van der Waals surface area contributed by atoms with Gasteiger partial charge in [0.15, 0.2) is 0 Å². The fourth-order valence-electron chi connectivity index (χ4n) is 4.96. The first kappa shape index (κ1) is 21.1. The van der Waals surface area contributed by atoms with Gasteiger partial charge in [0.05, 0.1) is 19.6 Å². The van der Waals surface area contributed by atoms with Gasteiger partial charge in [-0.05, 0) is 50.3 Å². The minimum atomic E-state index is 0.267. The van der Waals surface area contributed by atoms with Crippen LogP contribution in [-0.4, -0.2) is 54.0 Å². The van der Waals surface area contributed by atoms with E-state index < -0.39 is 0 Å². The number of hydrogen-bond donors (Lipinski definition) is 0. The van der Waals surface area contributed by atoms with Crippen molar-refractivity contribution in [2.45, 2.75) is 57.7 Å². The van der Waals surface area contributed by atoms with Crippen molar-refractivity contribution in [2.75, 3.05) is 26.2 Å². The Bertz CT molecular complexity index is 815. The van der Waals surface area contributed by atoms with Gasteiger partial charge < -0.3 is 9.64 Å². The molecular weight excluding hydrogens is 372 g/mol. The van der Waals surface area contributed by atoms with E-state index in [4.69, 9.17) is 4.74 Å². The molecular formula is C26H34N2O2. The van der Waals surface area contributed by atoms with E-state index in [0.717, 1.165) is 38.1 Å². The molecule has 2 saturated heterocycles. The molecule has 160 valence electrons. The number of ether oxygens (including phenoxy) is 1. The van der Waals surface area contributed by atoms with E-state index in [1.54, 1.807) is 0 Å². The second-order valence-corrected chi connectivity index (χ2v) is 8.81. The maximum absolute atomic E-state index is 12.7. The summed E-state index contributed by atoms with van der Waals surface area (Å²) < 4.78 is 6.05. The molecule has 4 nitrogen and oxygen atoms in total. The number of piperidine rings is 1. The molecule has 0 spiro atoms. The predicted octanol–water partition coefficient (Wildman–Crippen LogP) is 4.21. The lowest BCUT2D eigenvalue weighted by molar-refractivity contribution is -0.132. The molecule has 0 bridgehead atoms. The Kier molecular flexibility index (Phi) is 7.19. The summed E-state index contributed by atoms with van der Waals surface area (Å²) in [5.41, 5.74) is 3.58. The summed E-state index contributed by atoms with van der Waals surface area (Å²) in [4.78, 5) is 17.5. The van der Waals surface area contributed by atoms with Crippen molar-refractivity contribution in [3.05, 3.63) is 71.3 Å². The summed E-state index contributed by atoms with van der Waals surface area (Å²) in [5.74, 6) is 0.267. The van der Waals surface area contributed by atoms with Gasteiger partial charge in [-0.2, -0.15) is 0 Å². The fourth-order valence-corrected chi connectivity index (χ4v) is 4.96. The van der Waals surface area contributed by atoms with Crippen LogP contribution >= 0.6 is 0 Å². The molecule has 2 aliphatic heterocycles. The summed E-state index contributed by atoms with van der Waals surface area (Å²) in [7, 11) is 0. The first-order valence-corrected chi connectivity index (χ1v) is 11.4. The summed E-state index contributed by atoms with van der Waals surface area (Å²) in [5, 5.41) is 0. The number of aryl methyl sites for hydroxylation is 1. The van der Waals surface area contributed by atoms with Crippen LogP contribution in [-0.2, 0) is 22.6 Å². The van der Waals surface area contributed by atoms with Crippen LogP contribution in [0.3, 0.4) is 0 Å². The van der Waals surface area contributed by atoms with Crippen LogP contribution in [0.15, 0.2) is 54.6 Å². The highest BCUT2D eigenvalue weighted by Gasteiger charge is 2.33. The van der Waals surface area contributed by atoms with Gasteiger partial charge in [-0.1, -0.05) is 60.2 Å². The second-order valence-electron chi connectivity index (χ2n) is 8.81. The number of benzene rings is 2. The molecule has 0 aromatic heterocycles. The average molecular weight is 407 g/mol. The van der Waals surface area contributed by atoms with Crippen LogP contribution in [0.25, 0.3) is 0 Å². The summed E-state index contributed by atoms with van der Waals surface area (Å²) in [6.45, 7) is 6.50. The lowest BCUT2D eigenvalue weighted by atomic mass is 10.0. The third-order valence-corrected chi connectivity index (χ3v) is 6.57. The molecule has 0 radical (unpaired) electrons. The molecule has 2 heterocycles. The monoisotopic (exact) mass is 406 g/mol. The van der Waals surface area contributed by atoms with Crippen LogP contribution in [0, 0.1) is 6.92 Å². The Morgan fingerprint density at radius 3 is 2.50 bits per heavy atom. The van der Waals surface area contributed by atoms with Crippen molar-refractivity contribution in [3.63, 3.8) is 0 Å². The summed E-state index contributed by atoms with van der Waals surface area (Å²) in [6, 6.07) is 19.8. The first-order valence-electron chi connectivity index (χ1n) is 11.4. The number of nitrogens with zero attached hydrogens (tertiary/aromatic N) is 2. The lowest BCUT2D eigenvalue weighted by Crippen LogP contribution is -2.49. The number of rotatable bonds is 7. The van der Waals surface area contributed by atoms with Gasteiger partial charge in [-0.25, -0.2) is 0 Å². The molecule has 2 aliphatic rings. The topological polar surface area (TPSA) is 32.8 Å². The number of amides is 1. The third-order valence-electron chi connectivity index (χ3n) is 6.57. The van der Waals surface area contributed by atoms with E-state index in [1.807, 2.05) is 12.1 Å². The average Bonchev–Trinajstić information content (AvgIpc) is 3.23. The number of carbonyl (C=O) groups excluding carboxylic acids is 1. The zero-order chi connectivity index (χ0) is 20.8. The number of carbonyl (C=O) groups is 1. The molecule has 30 heavy (non-hydrogen) atoms. The molecule has 1 amide bonds. The zero-order valence-corrected chi connectivity index (χ0v) is 18.1.